The van der Waals surface area contributed by atoms with E-state index in [1.54, 1.807) is 13.1 Å². The van der Waals surface area contributed by atoms with Gasteiger partial charge in [-0.3, -0.25) is 9.48 Å². The van der Waals surface area contributed by atoms with E-state index in [0.717, 1.165) is 17.2 Å². The van der Waals surface area contributed by atoms with Gasteiger partial charge in [-0.15, -0.1) is 0 Å². The minimum atomic E-state index is -2.84. The maximum Gasteiger partial charge on any atom is 0.290 e. The summed E-state index contributed by atoms with van der Waals surface area (Å²) in [6.45, 7) is -4.54. The Morgan fingerprint density at radius 3 is 2.94 bits per heavy atom. The largest absolute Gasteiger partial charge is 0.382 e. The number of ether oxygens (including phenoxy) is 1. The van der Waals surface area contributed by atoms with Crippen LogP contribution in [0.3, 0.4) is 0 Å². The second-order valence-corrected chi connectivity index (χ2v) is 8.24. The van der Waals surface area contributed by atoms with Crippen molar-refractivity contribution in [2.24, 2.45) is 7.05 Å². The number of amides is 1. The highest BCUT2D eigenvalue weighted by Crippen LogP contribution is 2.27. The molecule has 1 atom stereocenters. The van der Waals surface area contributed by atoms with Crippen molar-refractivity contribution in [1.82, 2.24) is 34.2 Å². The fraction of sp³-hybridized carbons (Fsp3) is 0.320. The van der Waals surface area contributed by atoms with Gasteiger partial charge >= 0.3 is 0 Å². The van der Waals surface area contributed by atoms with Crippen molar-refractivity contribution in [2.75, 3.05) is 19.0 Å². The highest BCUT2D eigenvalue weighted by atomic mass is 19.1. The normalized spacial score (nSPS) is 19.7. The predicted molar refractivity (Wildman–Crippen MR) is 131 cm³/mol. The van der Waals surface area contributed by atoms with Crippen LogP contribution in [0.25, 0.3) is 11.4 Å². The average Bonchev–Trinajstić information content (AvgIpc) is 3.54. The number of carbonyl (C=O) groups is 1. The van der Waals surface area contributed by atoms with Crippen LogP contribution in [-0.4, -0.2) is 59.8 Å². The van der Waals surface area contributed by atoms with Gasteiger partial charge in [0.15, 0.2) is 5.82 Å². The zero-order valence-corrected chi connectivity index (χ0v) is 19.4. The summed E-state index contributed by atoms with van der Waals surface area (Å²) >= 11 is 0. The number of halogens is 1. The first-order chi connectivity index (χ1) is 20.5. The van der Waals surface area contributed by atoms with Gasteiger partial charge in [0, 0.05) is 49.7 Å². The number of carbonyl (C=O) groups excluding carboxylic acids is 1. The Kier molecular flexibility index (Phi) is 4.17. The van der Waals surface area contributed by atoms with Gasteiger partial charge in [0.2, 0.25) is 5.95 Å². The summed E-state index contributed by atoms with van der Waals surface area (Å²) in [6.07, 6.45) is 4.04. The lowest BCUT2D eigenvalue weighted by Gasteiger charge is -2.35. The highest BCUT2D eigenvalue weighted by molar-refractivity contribution is 5.92. The molecule has 1 N–H and O–H groups in total. The second kappa shape index (κ2) is 9.50. The van der Waals surface area contributed by atoms with Crippen LogP contribution in [0.15, 0.2) is 42.9 Å². The van der Waals surface area contributed by atoms with E-state index in [1.165, 1.54) is 40.7 Å². The van der Waals surface area contributed by atoms with Crippen molar-refractivity contribution in [1.29, 1.82) is 0 Å². The van der Waals surface area contributed by atoms with E-state index in [2.05, 4.69) is 25.4 Å². The number of nitrogens with zero attached hydrogens (tertiary/aromatic N) is 7. The minimum Gasteiger partial charge on any atom is -0.382 e. The zero-order valence-electron chi connectivity index (χ0n) is 27.4. The van der Waals surface area contributed by atoms with Crippen LogP contribution in [0, 0.1) is 19.6 Å². The maximum atomic E-state index is 14.5. The van der Waals surface area contributed by atoms with Crippen LogP contribution in [-0.2, 0) is 24.8 Å². The standard InChI is InChI=1S/C25H27FN8O2/c1-15-5-6-17(9-19(15)26)11-34-18(14-36-4)12-33-13-20(29-23(33)24(34)35)22-16(2)10-27-25(31-22)30-21-7-8-28-32(21)3/h5-10,13,18H,11-12,14H2,1-4H3,(H,27,30,31)/t18-/m0/s1/i2D3,4D3,11D2. The third kappa shape index (κ3) is 4.44. The lowest BCUT2D eigenvalue weighted by molar-refractivity contribution is 0.0380. The van der Waals surface area contributed by atoms with Crippen molar-refractivity contribution in [3.8, 4) is 11.4 Å². The third-order valence-corrected chi connectivity index (χ3v) is 5.75. The van der Waals surface area contributed by atoms with Crippen LogP contribution in [0.1, 0.15) is 38.3 Å². The molecule has 5 rings (SSSR count). The van der Waals surface area contributed by atoms with E-state index in [9.17, 15) is 9.18 Å². The molecule has 0 bridgehead atoms. The number of nitrogens with one attached hydrogen (secondary N) is 1. The van der Waals surface area contributed by atoms with Crippen LogP contribution in [0.5, 0.6) is 0 Å². The molecule has 0 radical (unpaired) electrons. The molecular weight excluding hydrogens is 463 g/mol. The molecule has 0 aliphatic carbocycles. The van der Waals surface area contributed by atoms with Crippen LogP contribution >= 0.6 is 0 Å². The third-order valence-electron chi connectivity index (χ3n) is 5.75. The van der Waals surface area contributed by atoms with E-state index in [0.29, 0.717) is 5.82 Å². The SMILES string of the molecule is [2H]C([2H])([2H])OC[C@@H]1Cn2cc(-c3nc(Nc4ccnn4C)ncc3C([2H])([2H])[2H])nc2C(=O)N1C([2H])([2H])c1ccc(C)c(F)c1. The Morgan fingerprint density at radius 2 is 2.19 bits per heavy atom. The molecule has 1 aliphatic rings. The summed E-state index contributed by atoms with van der Waals surface area (Å²) in [5, 5.41) is 6.99. The van der Waals surface area contributed by atoms with Gasteiger partial charge in [-0.05, 0) is 36.5 Å². The number of aromatic nitrogens is 6. The predicted octanol–water partition coefficient (Wildman–Crippen LogP) is 3.24. The number of fused-ring (bicyclic) bond motifs is 1. The quantitative estimate of drug-likeness (QED) is 0.417. The lowest BCUT2D eigenvalue weighted by atomic mass is 10.1. The monoisotopic (exact) mass is 498 g/mol. The number of rotatable bonds is 7. The number of imidazole rings is 1. The molecule has 4 aromatic rings. The summed E-state index contributed by atoms with van der Waals surface area (Å²) in [5.74, 6) is -1.37. The number of anilines is 2. The summed E-state index contributed by atoms with van der Waals surface area (Å²) in [7, 11) is -1.17. The topological polar surface area (TPSA) is 103 Å². The molecule has 0 saturated heterocycles. The van der Waals surface area contributed by atoms with E-state index >= 15 is 0 Å². The summed E-state index contributed by atoms with van der Waals surface area (Å²) in [6, 6.07) is 4.15. The van der Waals surface area contributed by atoms with E-state index < -0.39 is 44.8 Å². The molecule has 3 aromatic heterocycles. The van der Waals surface area contributed by atoms with E-state index in [4.69, 9.17) is 15.7 Å². The number of benzene rings is 1. The van der Waals surface area contributed by atoms with Gasteiger partial charge in [-0.2, -0.15) is 5.10 Å². The fourth-order valence-electron chi connectivity index (χ4n) is 3.84. The first-order valence-electron chi connectivity index (χ1n) is 14.9. The van der Waals surface area contributed by atoms with E-state index in [1.807, 2.05) is 0 Å². The Morgan fingerprint density at radius 1 is 1.31 bits per heavy atom. The number of methoxy groups -OCH3 is 1. The first kappa shape index (κ1) is 15.8. The Bertz CT molecular complexity index is 1720. The van der Waals surface area contributed by atoms with Crippen molar-refractivity contribution < 1.29 is 24.9 Å². The van der Waals surface area contributed by atoms with Gasteiger partial charge in [0.25, 0.3) is 5.91 Å². The molecule has 1 aliphatic heterocycles. The van der Waals surface area contributed by atoms with Crippen LogP contribution in [0.2, 0.25) is 0 Å². The van der Waals surface area contributed by atoms with E-state index in [-0.39, 0.29) is 46.4 Å². The van der Waals surface area contributed by atoms with Crippen molar-refractivity contribution in [2.45, 2.75) is 32.9 Å². The van der Waals surface area contributed by atoms with Gasteiger partial charge in [0.1, 0.15) is 17.3 Å². The average molecular weight is 499 g/mol. The summed E-state index contributed by atoms with van der Waals surface area (Å²) in [4.78, 5) is 27.5. The molecule has 36 heavy (non-hydrogen) atoms. The van der Waals surface area contributed by atoms with Gasteiger partial charge in [-0.1, -0.05) is 12.1 Å². The molecule has 0 saturated carbocycles. The molecule has 186 valence electrons. The highest BCUT2D eigenvalue weighted by Gasteiger charge is 2.35. The smallest absolute Gasteiger partial charge is 0.290 e. The summed E-state index contributed by atoms with van der Waals surface area (Å²) in [5.41, 5.74) is -0.289. The van der Waals surface area contributed by atoms with Crippen LogP contribution in [0.4, 0.5) is 16.2 Å². The Hall–Kier alpha value is -4.12. The fourth-order valence-corrected chi connectivity index (χ4v) is 3.84. The molecule has 0 unspecified atom stereocenters. The van der Waals surface area contributed by atoms with Crippen molar-refractivity contribution in [3.63, 3.8) is 0 Å². The lowest BCUT2D eigenvalue weighted by Crippen LogP contribution is -2.49. The molecule has 11 heteroatoms. The Labute approximate surface area is 219 Å². The molecule has 0 spiro atoms. The molecule has 0 fully saturated rings. The van der Waals surface area contributed by atoms with Crippen molar-refractivity contribution >= 4 is 17.7 Å². The van der Waals surface area contributed by atoms with Gasteiger partial charge in [-0.25, -0.2) is 19.3 Å². The van der Waals surface area contributed by atoms with Gasteiger partial charge < -0.3 is 19.5 Å². The number of aryl methyl sites for hydroxylation is 3. The zero-order chi connectivity index (χ0) is 32.2. The maximum absolute atomic E-state index is 14.5. The second-order valence-electron chi connectivity index (χ2n) is 8.24. The molecule has 1 aromatic carbocycles. The molecule has 10 nitrogen and oxygen atoms in total. The molecule has 4 heterocycles. The number of hydrogen-bond acceptors (Lipinski definition) is 7. The van der Waals surface area contributed by atoms with Crippen LogP contribution < -0.4 is 5.32 Å². The Balaban J connectivity index is 1.59. The van der Waals surface area contributed by atoms with Crippen molar-refractivity contribution in [3.05, 3.63) is 71.2 Å². The molecular formula is C25H27FN8O2. The minimum absolute atomic E-state index is 0.0192. The number of hydrogen-bond donors (Lipinski definition) is 1. The summed E-state index contributed by atoms with van der Waals surface area (Å²) < 4.78 is 86.4. The molecule has 1 amide bonds. The van der Waals surface area contributed by atoms with Gasteiger partial charge in [0.05, 0.1) is 31.4 Å². The first-order valence-corrected chi connectivity index (χ1v) is 10.9.